The number of hydrogen-bond donors (Lipinski definition) is 0. The molecule has 1 N–H and O–H groups in total. The van der Waals surface area contributed by atoms with E-state index in [1.807, 2.05) is 0 Å². The SMILES string of the molecule is [NH]Cn1ncnn1. The van der Waals surface area contributed by atoms with E-state index in [1.165, 1.54) is 11.1 Å². The number of aromatic nitrogens is 4. The van der Waals surface area contributed by atoms with Crippen LogP contribution in [0.25, 0.3) is 0 Å². The average molecular weight is 98.1 g/mol. The van der Waals surface area contributed by atoms with Gasteiger partial charge in [-0.3, -0.25) is 0 Å². The summed E-state index contributed by atoms with van der Waals surface area (Å²) in [6, 6.07) is 0. The summed E-state index contributed by atoms with van der Waals surface area (Å²) in [4.78, 5) is 1.18. The Morgan fingerprint density at radius 3 is 2.86 bits per heavy atom. The van der Waals surface area contributed by atoms with Crippen LogP contribution in [0.2, 0.25) is 0 Å². The molecular weight excluding hydrogens is 94.1 g/mol. The van der Waals surface area contributed by atoms with E-state index in [9.17, 15) is 0 Å². The van der Waals surface area contributed by atoms with E-state index in [4.69, 9.17) is 5.73 Å². The molecule has 0 spiro atoms. The maximum absolute atomic E-state index is 6.66. The van der Waals surface area contributed by atoms with E-state index in [1.54, 1.807) is 0 Å². The van der Waals surface area contributed by atoms with Crippen molar-refractivity contribution in [3.63, 3.8) is 0 Å². The van der Waals surface area contributed by atoms with Gasteiger partial charge >= 0.3 is 0 Å². The minimum Gasteiger partial charge on any atom is -0.233 e. The third-order valence-electron chi connectivity index (χ3n) is 0.533. The quantitative estimate of drug-likeness (QED) is 0.448. The van der Waals surface area contributed by atoms with Crippen LogP contribution in [0, 0.1) is 0 Å². The third kappa shape index (κ3) is 0.716. The van der Waals surface area contributed by atoms with E-state index in [-0.39, 0.29) is 6.67 Å². The highest BCUT2D eigenvalue weighted by Crippen LogP contribution is 1.63. The van der Waals surface area contributed by atoms with Gasteiger partial charge in [-0.2, -0.15) is 0 Å². The lowest BCUT2D eigenvalue weighted by atomic mass is 11.2. The highest BCUT2D eigenvalue weighted by molar-refractivity contribution is 4.33. The fourth-order valence-corrected chi connectivity index (χ4v) is 0.261. The summed E-state index contributed by atoms with van der Waals surface area (Å²) in [5.74, 6) is 0. The first-order valence-corrected chi connectivity index (χ1v) is 1.79. The van der Waals surface area contributed by atoms with E-state index in [2.05, 4.69) is 15.4 Å². The van der Waals surface area contributed by atoms with Gasteiger partial charge in [0.25, 0.3) is 0 Å². The minimum absolute atomic E-state index is 0.0417. The van der Waals surface area contributed by atoms with Crippen LogP contribution in [-0.2, 0) is 6.67 Å². The second-order valence-corrected chi connectivity index (χ2v) is 0.966. The Hall–Kier alpha value is -0.970. The van der Waals surface area contributed by atoms with Crippen LogP contribution in [0.5, 0.6) is 0 Å². The Morgan fingerprint density at radius 1 is 1.71 bits per heavy atom. The smallest absolute Gasteiger partial charge is 0.162 e. The van der Waals surface area contributed by atoms with Gasteiger partial charge in [-0.15, -0.1) is 15.0 Å². The van der Waals surface area contributed by atoms with Gasteiger partial charge in [0.15, 0.2) is 6.33 Å². The van der Waals surface area contributed by atoms with Crippen LogP contribution in [0.3, 0.4) is 0 Å². The maximum atomic E-state index is 6.66. The summed E-state index contributed by atoms with van der Waals surface area (Å²) in [5.41, 5.74) is 6.66. The Kier molecular flexibility index (Phi) is 0.991. The standard InChI is InChI=1S/C2H4N5/c3-1-7-5-2-4-6-7/h2-3H,1H2. The summed E-state index contributed by atoms with van der Waals surface area (Å²) in [6.07, 6.45) is 1.30. The highest BCUT2D eigenvalue weighted by Gasteiger charge is 1.81. The Morgan fingerprint density at radius 2 is 2.57 bits per heavy atom. The molecule has 1 aromatic rings. The lowest BCUT2D eigenvalue weighted by Gasteiger charge is -1.82. The molecule has 0 amide bonds. The van der Waals surface area contributed by atoms with Gasteiger partial charge in [-0.25, -0.2) is 5.73 Å². The van der Waals surface area contributed by atoms with Crippen molar-refractivity contribution in [3.8, 4) is 0 Å². The molecule has 0 bridgehead atoms. The first kappa shape index (κ1) is 4.20. The second kappa shape index (κ2) is 1.65. The topological polar surface area (TPSA) is 67.4 Å². The van der Waals surface area contributed by atoms with Gasteiger partial charge in [0.05, 0.1) is 0 Å². The average Bonchev–Trinajstić information content (AvgIpc) is 2.14. The molecule has 5 heteroatoms. The first-order valence-electron chi connectivity index (χ1n) is 1.79. The molecule has 0 aromatic carbocycles. The van der Waals surface area contributed by atoms with Crippen LogP contribution in [0.1, 0.15) is 0 Å². The van der Waals surface area contributed by atoms with Crippen LogP contribution >= 0.6 is 0 Å². The van der Waals surface area contributed by atoms with Crippen molar-refractivity contribution in [2.24, 2.45) is 0 Å². The fourth-order valence-electron chi connectivity index (χ4n) is 0.261. The molecular formula is C2H4N5. The van der Waals surface area contributed by atoms with Crippen molar-refractivity contribution in [3.05, 3.63) is 6.33 Å². The number of nitrogens with one attached hydrogen (secondary N) is 1. The molecule has 0 aliphatic carbocycles. The van der Waals surface area contributed by atoms with Gasteiger partial charge in [-0.1, -0.05) is 0 Å². The number of hydrogen-bond acceptors (Lipinski definition) is 3. The third-order valence-corrected chi connectivity index (χ3v) is 0.533. The van der Waals surface area contributed by atoms with Crippen molar-refractivity contribution in [2.45, 2.75) is 6.67 Å². The van der Waals surface area contributed by atoms with Crippen molar-refractivity contribution >= 4 is 0 Å². The monoisotopic (exact) mass is 98.0 g/mol. The molecule has 1 radical (unpaired) electrons. The predicted octanol–water partition coefficient (Wildman–Crippen LogP) is -1.09. The summed E-state index contributed by atoms with van der Waals surface area (Å²) in [6.45, 7) is 0.0417. The molecule has 1 rings (SSSR count). The maximum Gasteiger partial charge on any atom is 0.162 e. The lowest BCUT2D eigenvalue weighted by Crippen LogP contribution is -2.01. The molecule has 0 aliphatic heterocycles. The van der Waals surface area contributed by atoms with E-state index < -0.39 is 0 Å². The van der Waals surface area contributed by atoms with E-state index in [0.717, 1.165) is 0 Å². The molecule has 7 heavy (non-hydrogen) atoms. The van der Waals surface area contributed by atoms with Crippen molar-refractivity contribution < 1.29 is 0 Å². The molecule has 0 aliphatic rings. The van der Waals surface area contributed by atoms with Crippen molar-refractivity contribution in [1.82, 2.24) is 25.9 Å². The molecule has 0 atom stereocenters. The van der Waals surface area contributed by atoms with Crippen LogP contribution in [0.4, 0.5) is 0 Å². The molecule has 0 saturated carbocycles. The summed E-state index contributed by atoms with van der Waals surface area (Å²) in [5, 5.41) is 10.3. The Labute approximate surface area is 40.1 Å². The fraction of sp³-hybridized carbons (Fsp3) is 0.500. The Bertz CT molecular complexity index is 121. The minimum atomic E-state index is 0.0417. The summed E-state index contributed by atoms with van der Waals surface area (Å²) >= 11 is 0. The highest BCUT2D eigenvalue weighted by atomic mass is 15.6. The summed E-state index contributed by atoms with van der Waals surface area (Å²) < 4.78 is 0. The molecule has 0 saturated heterocycles. The predicted molar refractivity (Wildman–Crippen MR) is 20.9 cm³/mol. The van der Waals surface area contributed by atoms with Crippen molar-refractivity contribution in [2.75, 3.05) is 0 Å². The van der Waals surface area contributed by atoms with Crippen molar-refractivity contribution in [1.29, 1.82) is 0 Å². The van der Waals surface area contributed by atoms with Crippen LogP contribution < -0.4 is 5.73 Å². The summed E-state index contributed by atoms with van der Waals surface area (Å²) in [7, 11) is 0. The van der Waals surface area contributed by atoms with Crippen LogP contribution in [0.15, 0.2) is 6.33 Å². The molecule has 37 valence electrons. The van der Waals surface area contributed by atoms with Crippen LogP contribution in [-0.4, -0.2) is 20.2 Å². The molecule has 0 unspecified atom stereocenters. The molecule has 0 fully saturated rings. The number of tetrazole rings is 1. The van der Waals surface area contributed by atoms with Gasteiger partial charge in [-0.05, 0) is 5.21 Å². The van der Waals surface area contributed by atoms with Gasteiger partial charge in [0.2, 0.25) is 0 Å². The van der Waals surface area contributed by atoms with E-state index >= 15 is 0 Å². The van der Waals surface area contributed by atoms with Gasteiger partial charge in [0.1, 0.15) is 6.67 Å². The van der Waals surface area contributed by atoms with E-state index in [0.29, 0.717) is 0 Å². The van der Waals surface area contributed by atoms with Gasteiger partial charge < -0.3 is 0 Å². The molecule has 1 aromatic heterocycles. The largest absolute Gasteiger partial charge is 0.233 e. The zero-order valence-electron chi connectivity index (χ0n) is 3.57. The number of nitrogens with zero attached hydrogens (tertiary/aromatic N) is 4. The second-order valence-electron chi connectivity index (χ2n) is 0.966. The number of rotatable bonds is 1. The zero-order chi connectivity index (χ0) is 5.11. The molecule has 5 nitrogen and oxygen atoms in total. The molecule has 1 heterocycles. The van der Waals surface area contributed by atoms with Gasteiger partial charge in [0, 0.05) is 0 Å². The lowest BCUT2D eigenvalue weighted by molar-refractivity contribution is 0.527. The normalized spacial score (nSPS) is 9.29. The Balaban J connectivity index is 2.76. The first-order chi connectivity index (χ1) is 3.43. The zero-order valence-corrected chi connectivity index (χ0v) is 3.57.